The average molecular weight is 275 g/mol. The van der Waals surface area contributed by atoms with Gasteiger partial charge in [0.25, 0.3) is 0 Å². The predicted octanol–water partition coefficient (Wildman–Crippen LogP) is 2.06. The predicted molar refractivity (Wildman–Crippen MR) is 80.1 cm³/mol. The van der Waals surface area contributed by atoms with Gasteiger partial charge in [-0.15, -0.1) is 0 Å². The van der Waals surface area contributed by atoms with Gasteiger partial charge in [-0.2, -0.15) is 0 Å². The normalized spacial score (nSPS) is 23.1. The van der Waals surface area contributed by atoms with Crippen LogP contribution >= 0.6 is 0 Å². The monoisotopic (exact) mass is 275 g/mol. The van der Waals surface area contributed by atoms with Gasteiger partial charge in [0.05, 0.1) is 5.69 Å². The lowest BCUT2D eigenvalue weighted by Gasteiger charge is -2.38. The molecule has 1 aliphatic heterocycles. The van der Waals surface area contributed by atoms with Crippen molar-refractivity contribution in [2.45, 2.75) is 39.8 Å². The Morgan fingerprint density at radius 2 is 2.30 bits per heavy atom. The van der Waals surface area contributed by atoms with Crippen LogP contribution in [0.1, 0.15) is 32.9 Å². The highest BCUT2D eigenvalue weighted by atomic mass is 16.2. The molecule has 1 aliphatic rings. The van der Waals surface area contributed by atoms with Crippen molar-refractivity contribution in [3.05, 3.63) is 30.1 Å². The number of hydrogen-bond acceptors (Lipinski definition) is 3. The van der Waals surface area contributed by atoms with E-state index in [-0.39, 0.29) is 11.8 Å². The molecule has 4 nitrogen and oxygen atoms in total. The molecule has 0 aromatic carbocycles. The highest BCUT2D eigenvalue weighted by Crippen LogP contribution is 2.19. The first-order valence-corrected chi connectivity index (χ1v) is 7.50. The van der Waals surface area contributed by atoms with E-state index in [9.17, 15) is 4.79 Å². The van der Waals surface area contributed by atoms with E-state index in [2.05, 4.69) is 17.2 Å². The van der Waals surface area contributed by atoms with Gasteiger partial charge >= 0.3 is 0 Å². The summed E-state index contributed by atoms with van der Waals surface area (Å²) in [4.78, 5) is 18.4. The van der Waals surface area contributed by atoms with Crippen LogP contribution in [0, 0.1) is 11.8 Å². The van der Waals surface area contributed by atoms with Crippen molar-refractivity contribution in [1.29, 1.82) is 0 Å². The second-order valence-corrected chi connectivity index (χ2v) is 6.01. The Kier molecular flexibility index (Phi) is 5.12. The number of hydrogen-bond donors (Lipinski definition) is 1. The van der Waals surface area contributed by atoms with E-state index in [4.69, 9.17) is 0 Å². The molecule has 0 unspecified atom stereocenters. The third-order valence-corrected chi connectivity index (χ3v) is 3.98. The molecule has 1 N–H and O–H groups in total. The van der Waals surface area contributed by atoms with Gasteiger partial charge in [0.15, 0.2) is 0 Å². The van der Waals surface area contributed by atoms with Gasteiger partial charge in [0, 0.05) is 37.8 Å². The number of nitrogens with one attached hydrogen (secondary N) is 1. The summed E-state index contributed by atoms with van der Waals surface area (Å²) >= 11 is 0. The number of pyridine rings is 1. The smallest absolute Gasteiger partial charge is 0.225 e. The Labute approximate surface area is 121 Å². The summed E-state index contributed by atoms with van der Waals surface area (Å²) in [6.07, 6.45) is 2.84. The number of likely N-dealkylation sites (tertiary alicyclic amines) is 1. The number of rotatable bonds is 4. The Balaban J connectivity index is 1.83. The number of nitrogens with zero attached hydrogens (tertiary/aromatic N) is 2. The average Bonchev–Trinajstić information content (AvgIpc) is 2.46. The Morgan fingerprint density at radius 1 is 1.50 bits per heavy atom. The van der Waals surface area contributed by atoms with Gasteiger partial charge in [0.1, 0.15) is 0 Å². The van der Waals surface area contributed by atoms with Crippen molar-refractivity contribution >= 4 is 5.91 Å². The molecule has 0 bridgehead atoms. The summed E-state index contributed by atoms with van der Waals surface area (Å²) in [5, 5.41) is 3.58. The van der Waals surface area contributed by atoms with Crippen LogP contribution in [0.15, 0.2) is 24.4 Å². The minimum absolute atomic E-state index is 0.0974. The van der Waals surface area contributed by atoms with Crippen LogP contribution in [0.3, 0.4) is 0 Å². The first-order chi connectivity index (χ1) is 9.58. The fourth-order valence-electron chi connectivity index (χ4n) is 2.75. The number of amides is 1. The van der Waals surface area contributed by atoms with E-state index in [1.54, 1.807) is 0 Å². The van der Waals surface area contributed by atoms with Crippen LogP contribution in [0.25, 0.3) is 0 Å². The lowest BCUT2D eigenvalue weighted by molar-refractivity contribution is -0.136. The van der Waals surface area contributed by atoms with Gasteiger partial charge in [-0.25, -0.2) is 0 Å². The summed E-state index contributed by atoms with van der Waals surface area (Å²) < 4.78 is 0. The van der Waals surface area contributed by atoms with E-state index in [1.807, 2.05) is 43.1 Å². The SMILES string of the molecule is CC(C)C(=O)N1CC[C@@H](NCc2ccccn2)[C@H](C)C1. The van der Waals surface area contributed by atoms with Gasteiger partial charge in [-0.1, -0.05) is 26.8 Å². The highest BCUT2D eigenvalue weighted by Gasteiger charge is 2.29. The molecular weight excluding hydrogens is 250 g/mol. The zero-order valence-corrected chi connectivity index (χ0v) is 12.7. The number of aromatic nitrogens is 1. The Morgan fingerprint density at radius 3 is 2.90 bits per heavy atom. The molecule has 0 aliphatic carbocycles. The maximum absolute atomic E-state index is 12.0. The van der Waals surface area contributed by atoms with Crippen molar-refractivity contribution in [3.8, 4) is 0 Å². The zero-order valence-electron chi connectivity index (χ0n) is 12.7. The van der Waals surface area contributed by atoms with Crippen molar-refractivity contribution in [1.82, 2.24) is 15.2 Å². The second kappa shape index (κ2) is 6.84. The van der Waals surface area contributed by atoms with Crippen molar-refractivity contribution in [2.75, 3.05) is 13.1 Å². The molecule has 2 atom stereocenters. The maximum Gasteiger partial charge on any atom is 0.225 e. The van der Waals surface area contributed by atoms with Gasteiger partial charge in [0.2, 0.25) is 5.91 Å². The molecule has 2 rings (SSSR count). The van der Waals surface area contributed by atoms with Gasteiger partial charge < -0.3 is 10.2 Å². The quantitative estimate of drug-likeness (QED) is 0.915. The number of carbonyl (C=O) groups is 1. The van der Waals surface area contributed by atoms with Crippen LogP contribution in [0.5, 0.6) is 0 Å². The summed E-state index contributed by atoms with van der Waals surface area (Å²) in [6, 6.07) is 6.45. The molecular formula is C16H25N3O. The van der Waals surface area contributed by atoms with Crippen LogP contribution in [0.2, 0.25) is 0 Å². The van der Waals surface area contributed by atoms with E-state index >= 15 is 0 Å². The number of piperidine rings is 1. The molecule has 110 valence electrons. The molecule has 0 saturated carbocycles. The third-order valence-electron chi connectivity index (χ3n) is 3.98. The molecule has 1 aromatic heterocycles. The van der Waals surface area contributed by atoms with Crippen molar-refractivity contribution < 1.29 is 4.79 Å². The molecule has 1 aromatic rings. The second-order valence-electron chi connectivity index (χ2n) is 6.01. The minimum atomic E-state index is 0.0974. The largest absolute Gasteiger partial charge is 0.342 e. The molecule has 1 amide bonds. The van der Waals surface area contributed by atoms with Crippen LogP contribution < -0.4 is 5.32 Å². The minimum Gasteiger partial charge on any atom is -0.342 e. The summed E-state index contributed by atoms with van der Waals surface area (Å²) in [6.45, 7) is 8.68. The highest BCUT2D eigenvalue weighted by molar-refractivity contribution is 5.78. The molecule has 1 saturated heterocycles. The summed E-state index contributed by atoms with van der Waals surface area (Å²) in [5.41, 5.74) is 1.07. The van der Waals surface area contributed by atoms with Crippen molar-refractivity contribution in [2.24, 2.45) is 11.8 Å². The molecule has 1 fully saturated rings. The maximum atomic E-state index is 12.0. The Hall–Kier alpha value is -1.42. The lowest BCUT2D eigenvalue weighted by Crippen LogP contribution is -2.50. The fraction of sp³-hybridized carbons (Fsp3) is 0.625. The van der Waals surface area contributed by atoms with Gasteiger partial charge in [-0.3, -0.25) is 9.78 Å². The molecule has 4 heteroatoms. The van der Waals surface area contributed by atoms with E-state index in [1.165, 1.54) is 0 Å². The first kappa shape index (κ1) is 15.0. The Bertz CT molecular complexity index is 433. The fourth-order valence-corrected chi connectivity index (χ4v) is 2.75. The van der Waals surface area contributed by atoms with Gasteiger partial charge in [-0.05, 0) is 24.5 Å². The third kappa shape index (κ3) is 3.79. The molecule has 20 heavy (non-hydrogen) atoms. The molecule has 0 radical (unpaired) electrons. The van der Waals surface area contributed by atoms with Crippen LogP contribution in [-0.4, -0.2) is 34.9 Å². The summed E-state index contributed by atoms with van der Waals surface area (Å²) in [5.74, 6) is 0.857. The van der Waals surface area contributed by atoms with Crippen molar-refractivity contribution in [3.63, 3.8) is 0 Å². The first-order valence-electron chi connectivity index (χ1n) is 7.50. The molecule has 0 spiro atoms. The van der Waals surface area contributed by atoms with E-state index < -0.39 is 0 Å². The van der Waals surface area contributed by atoms with E-state index in [0.29, 0.717) is 12.0 Å². The van der Waals surface area contributed by atoms with Crippen LogP contribution in [-0.2, 0) is 11.3 Å². The topological polar surface area (TPSA) is 45.2 Å². The van der Waals surface area contributed by atoms with Crippen LogP contribution in [0.4, 0.5) is 0 Å². The number of carbonyl (C=O) groups excluding carboxylic acids is 1. The lowest BCUT2D eigenvalue weighted by atomic mass is 9.93. The molecule has 2 heterocycles. The van der Waals surface area contributed by atoms with E-state index in [0.717, 1.165) is 31.7 Å². The standard InChI is InChI=1S/C16H25N3O/c1-12(2)16(20)19-9-7-15(13(3)11-19)18-10-14-6-4-5-8-17-14/h4-6,8,12-13,15,18H,7,9-11H2,1-3H3/t13-,15-/m1/s1. The zero-order chi connectivity index (χ0) is 14.5. The summed E-state index contributed by atoms with van der Waals surface area (Å²) in [7, 11) is 0.